The summed E-state index contributed by atoms with van der Waals surface area (Å²) in [6.45, 7) is 1.69. The maximum absolute atomic E-state index is 12.3. The molecule has 2 atom stereocenters. The molecule has 0 aromatic carbocycles. The van der Waals surface area contributed by atoms with Crippen LogP contribution in [0, 0.1) is 11.8 Å². The number of rotatable bonds is 4. The third-order valence-electron chi connectivity index (χ3n) is 3.69. The first-order valence-electron chi connectivity index (χ1n) is 6.61. The van der Waals surface area contributed by atoms with Gasteiger partial charge in [0.15, 0.2) is 5.78 Å². The maximum Gasteiger partial charge on any atom is 0.306 e. The van der Waals surface area contributed by atoms with E-state index >= 15 is 0 Å². The second kappa shape index (κ2) is 5.83. The molecular weight excluding hydrogens is 240 g/mol. The Kier molecular flexibility index (Phi) is 4.15. The van der Waals surface area contributed by atoms with Crippen molar-refractivity contribution in [1.29, 1.82) is 0 Å². The van der Waals surface area contributed by atoms with E-state index in [0.717, 1.165) is 18.4 Å². The average Bonchev–Trinajstić information content (AvgIpc) is 2.46. The van der Waals surface area contributed by atoms with Gasteiger partial charge in [-0.1, -0.05) is 43.4 Å². The summed E-state index contributed by atoms with van der Waals surface area (Å²) in [5.74, 6) is -1.36. The van der Waals surface area contributed by atoms with E-state index in [9.17, 15) is 9.59 Å². The van der Waals surface area contributed by atoms with Crippen LogP contribution >= 0.6 is 0 Å². The Morgan fingerprint density at radius 2 is 2.16 bits per heavy atom. The fourth-order valence-corrected chi connectivity index (χ4v) is 2.37. The molecule has 0 aliphatic heterocycles. The Hall–Kier alpha value is -1.90. The minimum Gasteiger partial charge on any atom is -0.481 e. The summed E-state index contributed by atoms with van der Waals surface area (Å²) >= 11 is 0. The van der Waals surface area contributed by atoms with Gasteiger partial charge < -0.3 is 5.11 Å². The van der Waals surface area contributed by atoms with Gasteiger partial charge in [-0.25, -0.2) is 0 Å². The summed E-state index contributed by atoms with van der Waals surface area (Å²) in [5.41, 5.74) is 1.44. The Bertz CT molecular complexity index is 506. The lowest BCUT2D eigenvalue weighted by molar-refractivity contribution is -0.142. The molecule has 0 amide bonds. The molecule has 0 spiro atoms. The van der Waals surface area contributed by atoms with Crippen molar-refractivity contribution < 1.29 is 14.7 Å². The van der Waals surface area contributed by atoms with Gasteiger partial charge in [-0.15, -0.1) is 0 Å². The van der Waals surface area contributed by atoms with Crippen LogP contribution in [0.25, 0.3) is 0 Å². The van der Waals surface area contributed by atoms with Crippen molar-refractivity contribution in [3.05, 3.63) is 47.6 Å². The number of carboxylic acids is 1. The van der Waals surface area contributed by atoms with Crippen molar-refractivity contribution >= 4 is 11.8 Å². The third-order valence-corrected chi connectivity index (χ3v) is 3.69. The van der Waals surface area contributed by atoms with E-state index in [1.165, 1.54) is 0 Å². The summed E-state index contributed by atoms with van der Waals surface area (Å²) in [4.78, 5) is 23.3. The fraction of sp³-hybridized carbons (Fsp3) is 0.375. The number of carboxylic acid groups (broad SMARTS) is 1. The predicted octanol–water partition coefficient (Wildman–Crippen LogP) is 3.06. The number of hydrogen-bond acceptors (Lipinski definition) is 2. The highest BCUT2D eigenvalue weighted by Gasteiger charge is 2.26. The van der Waals surface area contributed by atoms with Crippen LogP contribution in [0.4, 0.5) is 0 Å². The molecule has 3 heteroatoms. The SMILES string of the molecule is CC(C(=O)O)C1C=CC=C(C(=O)C2=CCCC=C2)C1. The quantitative estimate of drug-likeness (QED) is 0.843. The summed E-state index contributed by atoms with van der Waals surface area (Å²) in [6.07, 6.45) is 13.7. The molecule has 1 N–H and O–H groups in total. The molecule has 0 radical (unpaired) electrons. The molecule has 0 saturated carbocycles. The van der Waals surface area contributed by atoms with Crippen molar-refractivity contribution in [2.45, 2.75) is 26.2 Å². The molecule has 19 heavy (non-hydrogen) atoms. The van der Waals surface area contributed by atoms with Crippen molar-refractivity contribution in [3.63, 3.8) is 0 Å². The van der Waals surface area contributed by atoms with Crippen LogP contribution in [0.3, 0.4) is 0 Å². The number of carbonyl (C=O) groups excluding carboxylic acids is 1. The Morgan fingerprint density at radius 1 is 1.37 bits per heavy atom. The topological polar surface area (TPSA) is 54.4 Å². The number of hydrogen-bond donors (Lipinski definition) is 1. The highest BCUT2D eigenvalue weighted by Crippen LogP contribution is 2.28. The largest absolute Gasteiger partial charge is 0.481 e. The second-order valence-corrected chi connectivity index (χ2v) is 5.04. The van der Waals surface area contributed by atoms with Crippen molar-refractivity contribution in [2.24, 2.45) is 11.8 Å². The highest BCUT2D eigenvalue weighted by molar-refractivity contribution is 6.10. The number of allylic oxidation sites excluding steroid dienone is 8. The molecular formula is C16H18O3. The lowest BCUT2D eigenvalue weighted by Gasteiger charge is -2.21. The smallest absolute Gasteiger partial charge is 0.306 e. The van der Waals surface area contributed by atoms with Gasteiger partial charge in [0, 0.05) is 11.1 Å². The van der Waals surface area contributed by atoms with Gasteiger partial charge in [0.25, 0.3) is 0 Å². The van der Waals surface area contributed by atoms with Crippen molar-refractivity contribution in [3.8, 4) is 0 Å². The number of ketones is 1. The van der Waals surface area contributed by atoms with Crippen molar-refractivity contribution in [2.75, 3.05) is 0 Å². The van der Waals surface area contributed by atoms with Crippen LogP contribution in [-0.2, 0) is 9.59 Å². The van der Waals surface area contributed by atoms with Crippen LogP contribution in [0.2, 0.25) is 0 Å². The maximum atomic E-state index is 12.3. The van der Waals surface area contributed by atoms with Gasteiger partial charge in [0.05, 0.1) is 5.92 Å². The van der Waals surface area contributed by atoms with Gasteiger partial charge in [-0.05, 0) is 25.2 Å². The molecule has 0 fully saturated rings. The van der Waals surface area contributed by atoms with Gasteiger partial charge in [0.1, 0.15) is 0 Å². The summed E-state index contributed by atoms with van der Waals surface area (Å²) in [6, 6.07) is 0. The second-order valence-electron chi connectivity index (χ2n) is 5.04. The molecule has 0 saturated heterocycles. The third kappa shape index (κ3) is 3.11. The van der Waals surface area contributed by atoms with E-state index in [0.29, 0.717) is 12.0 Å². The summed E-state index contributed by atoms with van der Waals surface area (Å²) in [5, 5.41) is 9.05. The van der Waals surface area contributed by atoms with Gasteiger partial charge in [0.2, 0.25) is 0 Å². The Labute approximate surface area is 113 Å². The zero-order valence-electron chi connectivity index (χ0n) is 11.0. The molecule has 0 bridgehead atoms. The zero-order valence-corrected chi connectivity index (χ0v) is 11.0. The minimum absolute atomic E-state index is 0.0305. The Morgan fingerprint density at radius 3 is 2.79 bits per heavy atom. The lowest BCUT2D eigenvalue weighted by atomic mass is 9.82. The summed E-state index contributed by atoms with van der Waals surface area (Å²) < 4.78 is 0. The number of aliphatic carboxylic acids is 1. The molecule has 2 unspecified atom stereocenters. The highest BCUT2D eigenvalue weighted by atomic mass is 16.4. The molecule has 2 aliphatic carbocycles. The van der Waals surface area contributed by atoms with Gasteiger partial charge >= 0.3 is 5.97 Å². The number of Topliss-reactive ketones (excluding diaryl/α,β-unsaturated/α-hetero) is 1. The molecule has 0 aromatic heterocycles. The van der Waals surface area contributed by atoms with E-state index in [4.69, 9.17) is 5.11 Å². The normalized spacial score (nSPS) is 23.5. The van der Waals surface area contributed by atoms with Crippen LogP contribution in [-0.4, -0.2) is 16.9 Å². The van der Waals surface area contributed by atoms with Crippen LogP contribution in [0.15, 0.2) is 47.6 Å². The predicted molar refractivity (Wildman–Crippen MR) is 73.6 cm³/mol. The first-order chi connectivity index (χ1) is 9.09. The lowest BCUT2D eigenvalue weighted by Crippen LogP contribution is -2.22. The first kappa shape index (κ1) is 13.5. The minimum atomic E-state index is -0.819. The van der Waals surface area contributed by atoms with E-state index in [1.54, 1.807) is 19.1 Å². The molecule has 0 heterocycles. The molecule has 0 aromatic rings. The molecule has 2 rings (SSSR count). The van der Waals surface area contributed by atoms with Crippen LogP contribution in [0.1, 0.15) is 26.2 Å². The van der Waals surface area contributed by atoms with Crippen LogP contribution < -0.4 is 0 Å². The van der Waals surface area contributed by atoms with Crippen LogP contribution in [0.5, 0.6) is 0 Å². The standard InChI is InChI=1S/C16H18O3/c1-11(16(18)19)13-8-5-9-14(10-13)15(17)12-6-3-2-4-7-12/h3,5-9,11,13H,2,4,10H2,1H3,(H,18,19). The van der Waals surface area contributed by atoms with Gasteiger partial charge in [-0.3, -0.25) is 9.59 Å². The van der Waals surface area contributed by atoms with Crippen molar-refractivity contribution in [1.82, 2.24) is 0 Å². The zero-order chi connectivity index (χ0) is 13.8. The van der Waals surface area contributed by atoms with E-state index in [-0.39, 0.29) is 11.7 Å². The average molecular weight is 258 g/mol. The van der Waals surface area contributed by atoms with E-state index in [1.807, 2.05) is 24.3 Å². The van der Waals surface area contributed by atoms with Gasteiger partial charge in [-0.2, -0.15) is 0 Å². The number of carbonyl (C=O) groups is 2. The summed E-state index contributed by atoms with van der Waals surface area (Å²) in [7, 11) is 0. The first-order valence-corrected chi connectivity index (χ1v) is 6.61. The van der Waals surface area contributed by atoms with E-state index in [2.05, 4.69) is 0 Å². The fourth-order valence-electron chi connectivity index (χ4n) is 2.37. The molecule has 2 aliphatic rings. The molecule has 100 valence electrons. The Balaban J connectivity index is 2.10. The van der Waals surface area contributed by atoms with E-state index < -0.39 is 11.9 Å². The molecule has 3 nitrogen and oxygen atoms in total. The monoisotopic (exact) mass is 258 g/mol.